The van der Waals surface area contributed by atoms with Gasteiger partial charge in [0.25, 0.3) is 0 Å². The van der Waals surface area contributed by atoms with E-state index in [1.807, 2.05) is 30.3 Å². The zero-order valence-corrected chi connectivity index (χ0v) is 18.6. The fourth-order valence-corrected chi connectivity index (χ4v) is 4.08. The number of rotatable bonds is 10. The van der Waals surface area contributed by atoms with E-state index in [0.717, 1.165) is 47.1 Å². The van der Waals surface area contributed by atoms with Gasteiger partial charge in [0.15, 0.2) is 11.5 Å². The molecule has 0 amide bonds. The second kappa shape index (κ2) is 11.0. The Morgan fingerprint density at radius 3 is 2.62 bits per heavy atom. The van der Waals surface area contributed by atoms with Crippen LogP contribution in [0.25, 0.3) is 0 Å². The molecule has 1 aliphatic heterocycles. The average Bonchev–Trinajstić information content (AvgIpc) is 3.31. The smallest absolute Gasteiger partial charge is 0.161 e. The molecule has 2 aromatic carbocycles. The number of methoxy groups -OCH3 is 1. The van der Waals surface area contributed by atoms with Crippen LogP contribution >= 0.6 is 0 Å². The van der Waals surface area contributed by atoms with Gasteiger partial charge < -0.3 is 14.4 Å². The third kappa shape index (κ3) is 6.26. The first-order valence-corrected chi connectivity index (χ1v) is 11.3. The van der Waals surface area contributed by atoms with Crippen molar-refractivity contribution in [2.75, 3.05) is 33.4 Å². The van der Waals surface area contributed by atoms with Crippen LogP contribution in [0, 0.1) is 5.82 Å². The molecule has 6 heteroatoms. The summed E-state index contributed by atoms with van der Waals surface area (Å²) in [6.07, 6.45) is 6.53. The maximum atomic E-state index is 13.5. The summed E-state index contributed by atoms with van der Waals surface area (Å²) in [6.45, 7) is 4.15. The number of halogens is 1. The van der Waals surface area contributed by atoms with Gasteiger partial charge in [0.1, 0.15) is 11.6 Å². The summed E-state index contributed by atoms with van der Waals surface area (Å²) in [5, 5.41) is 0. The lowest BCUT2D eigenvalue weighted by Crippen LogP contribution is -2.21. The van der Waals surface area contributed by atoms with Crippen molar-refractivity contribution < 1.29 is 13.9 Å². The van der Waals surface area contributed by atoms with Gasteiger partial charge in [0.05, 0.1) is 13.7 Å². The molecule has 0 spiro atoms. The SMILES string of the molecule is COc1ccc(Cc2nccc(Cc3cccc(F)c3)n2)cc1OCCCN1CCCC1. The Balaban J connectivity index is 1.38. The molecule has 0 unspecified atom stereocenters. The molecular formula is C26H30FN3O2. The van der Waals surface area contributed by atoms with Gasteiger partial charge in [0.2, 0.25) is 0 Å². The van der Waals surface area contributed by atoms with Crippen LogP contribution in [0.15, 0.2) is 54.7 Å². The van der Waals surface area contributed by atoms with Crippen molar-refractivity contribution >= 4 is 0 Å². The minimum absolute atomic E-state index is 0.233. The molecule has 1 fully saturated rings. The highest BCUT2D eigenvalue weighted by molar-refractivity contribution is 5.43. The lowest BCUT2D eigenvalue weighted by Gasteiger charge is -2.16. The van der Waals surface area contributed by atoms with Gasteiger partial charge in [-0.3, -0.25) is 0 Å². The van der Waals surface area contributed by atoms with Crippen LogP contribution in [0.2, 0.25) is 0 Å². The van der Waals surface area contributed by atoms with E-state index >= 15 is 0 Å². The Labute approximate surface area is 189 Å². The molecule has 4 rings (SSSR count). The van der Waals surface area contributed by atoms with E-state index in [9.17, 15) is 4.39 Å². The summed E-state index contributed by atoms with van der Waals surface area (Å²) in [7, 11) is 1.66. The topological polar surface area (TPSA) is 47.5 Å². The van der Waals surface area contributed by atoms with Crippen molar-refractivity contribution in [2.45, 2.75) is 32.1 Å². The molecule has 0 saturated carbocycles. The summed E-state index contributed by atoms with van der Waals surface area (Å²) >= 11 is 0. The number of nitrogens with zero attached hydrogens (tertiary/aromatic N) is 3. The van der Waals surface area contributed by atoms with Crippen molar-refractivity contribution in [2.24, 2.45) is 0 Å². The summed E-state index contributed by atoms with van der Waals surface area (Å²) in [4.78, 5) is 11.6. The Hall–Kier alpha value is -2.99. The predicted molar refractivity (Wildman–Crippen MR) is 123 cm³/mol. The van der Waals surface area contributed by atoms with Crippen molar-refractivity contribution in [1.29, 1.82) is 0 Å². The molecule has 168 valence electrons. The van der Waals surface area contributed by atoms with Crippen molar-refractivity contribution in [3.05, 3.63) is 83.2 Å². The number of ether oxygens (including phenoxy) is 2. The quantitative estimate of drug-likeness (QED) is 0.433. The number of aromatic nitrogens is 2. The molecule has 0 bridgehead atoms. The van der Waals surface area contributed by atoms with Gasteiger partial charge in [-0.05, 0) is 73.8 Å². The van der Waals surface area contributed by atoms with Crippen LogP contribution in [-0.2, 0) is 12.8 Å². The lowest BCUT2D eigenvalue weighted by atomic mass is 10.1. The van der Waals surface area contributed by atoms with Gasteiger partial charge in [-0.2, -0.15) is 0 Å². The lowest BCUT2D eigenvalue weighted by molar-refractivity contribution is 0.254. The third-order valence-electron chi connectivity index (χ3n) is 5.70. The third-order valence-corrected chi connectivity index (χ3v) is 5.70. The number of hydrogen-bond donors (Lipinski definition) is 0. The molecule has 0 aliphatic carbocycles. The molecule has 2 heterocycles. The van der Waals surface area contributed by atoms with Crippen LogP contribution in [-0.4, -0.2) is 48.2 Å². The van der Waals surface area contributed by atoms with E-state index in [2.05, 4.69) is 14.9 Å². The van der Waals surface area contributed by atoms with Crippen molar-refractivity contribution in [1.82, 2.24) is 14.9 Å². The normalized spacial score (nSPS) is 13.9. The molecule has 0 radical (unpaired) electrons. The van der Waals surface area contributed by atoms with Gasteiger partial charge >= 0.3 is 0 Å². The van der Waals surface area contributed by atoms with Crippen LogP contribution < -0.4 is 9.47 Å². The van der Waals surface area contributed by atoms with E-state index in [-0.39, 0.29) is 5.82 Å². The maximum absolute atomic E-state index is 13.5. The van der Waals surface area contributed by atoms with Gasteiger partial charge in [0, 0.05) is 31.3 Å². The molecule has 0 N–H and O–H groups in total. The van der Waals surface area contributed by atoms with Crippen LogP contribution in [0.3, 0.4) is 0 Å². The second-order valence-electron chi connectivity index (χ2n) is 8.18. The van der Waals surface area contributed by atoms with E-state index in [4.69, 9.17) is 9.47 Å². The van der Waals surface area contributed by atoms with Crippen LogP contribution in [0.1, 0.15) is 41.9 Å². The zero-order valence-electron chi connectivity index (χ0n) is 18.6. The minimum Gasteiger partial charge on any atom is -0.493 e. The van der Waals surface area contributed by atoms with Gasteiger partial charge in [-0.1, -0.05) is 18.2 Å². The first-order valence-electron chi connectivity index (χ1n) is 11.3. The predicted octanol–water partition coefficient (Wildman–Crippen LogP) is 4.67. The van der Waals surface area contributed by atoms with E-state index in [1.54, 1.807) is 25.4 Å². The minimum atomic E-state index is -0.233. The fraction of sp³-hybridized carbons (Fsp3) is 0.385. The summed E-state index contributed by atoms with van der Waals surface area (Å²) in [6, 6.07) is 14.4. The standard InChI is InChI=1S/C26H30FN3O2/c1-31-24-9-8-21(18-25(24)32-15-5-14-30-12-2-3-13-30)19-26-28-11-10-23(29-26)17-20-6-4-7-22(27)16-20/h4,6-11,16,18H,2-3,5,12-15,17,19H2,1H3. The average molecular weight is 436 g/mol. The maximum Gasteiger partial charge on any atom is 0.161 e. The molecule has 1 aliphatic rings. The first kappa shape index (κ1) is 22.2. The van der Waals surface area contributed by atoms with E-state index in [0.29, 0.717) is 19.4 Å². The zero-order chi connectivity index (χ0) is 22.2. The summed E-state index contributed by atoms with van der Waals surface area (Å²) in [5.74, 6) is 1.98. The molecule has 5 nitrogen and oxygen atoms in total. The van der Waals surface area contributed by atoms with Crippen molar-refractivity contribution in [3.63, 3.8) is 0 Å². The molecular weight excluding hydrogens is 405 g/mol. The monoisotopic (exact) mass is 435 g/mol. The summed E-state index contributed by atoms with van der Waals surface area (Å²) in [5.41, 5.74) is 2.82. The number of benzene rings is 2. The van der Waals surface area contributed by atoms with E-state index < -0.39 is 0 Å². The molecule has 0 atom stereocenters. The van der Waals surface area contributed by atoms with Crippen LogP contribution in [0.5, 0.6) is 11.5 Å². The highest BCUT2D eigenvalue weighted by atomic mass is 19.1. The number of hydrogen-bond acceptors (Lipinski definition) is 5. The van der Waals surface area contributed by atoms with Gasteiger partial charge in [-0.25, -0.2) is 14.4 Å². The number of likely N-dealkylation sites (tertiary alicyclic amines) is 1. The molecule has 1 saturated heterocycles. The summed E-state index contributed by atoms with van der Waals surface area (Å²) < 4.78 is 25.0. The molecule has 1 aromatic heterocycles. The Kier molecular flexibility index (Phi) is 7.67. The van der Waals surface area contributed by atoms with Crippen LogP contribution in [0.4, 0.5) is 4.39 Å². The second-order valence-corrected chi connectivity index (χ2v) is 8.18. The highest BCUT2D eigenvalue weighted by Gasteiger charge is 2.12. The highest BCUT2D eigenvalue weighted by Crippen LogP contribution is 2.29. The van der Waals surface area contributed by atoms with Crippen molar-refractivity contribution in [3.8, 4) is 11.5 Å². The Morgan fingerprint density at radius 1 is 0.969 bits per heavy atom. The molecule has 32 heavy (non-hydrogen) atoms. The largest absolute Gasteiger partial charge is 0.493 e. The Morgan fingerprint density at radius 2 is 1.81 bits per heavy atom. The van der Waals surface area contributed by atoms with E-state index in [1.165, 1.54) is 32.0 Å². The molecule has 3 aromatic rings. The fourth-order valence-electron chi connectivity index (χ4n) is 4.08. The van der Waals surface area contributed by atoms with Gasteiger partial charge in [-0.15, -0.1) is 0 Å². The first-order chi connectivity index (χ1) is 15.7. The Bertz CT molecular complexity index is 1020.